The van der Waals surface area contributed by atoms with E-state index >= 15 is 0 Å². The summed E-state index contributed by atoms with van der Waals surface area (Å²) in [4.78, 5) is 40.7. The average Bonchev–Trinajstić information content (AvgIpc) is 3.12. The van der Waals surface area contributed by atoms with Crippen LogP contribution in [0, 0.1) is 12.7 Å². The summed E-state index contributed by atoms with van der Waals surface area (Å²) in [6.07, 6.45) is 0.0218. The third-order valence-electron chi connectivity index (χ3n) is 5.07. The van der Waals surface area contributed by atoms with Crippen LogP contribution in [0.2, 0.25) is 0 Å². The molecule has 1 aromatic carbocycles. The Morgan fingerprint density at radius 2 is 1.89 bits per heavy atom. The summed E-state index contributed by atoms with van der Waals surface area (Å²) in [5, 5.41) is 6.33. The van der Waals surface area contributed by atoms with Crippen molar-refractivity contribution in [2.75, 3.05) is 31.5 Å². The molecule has 8 nitrogen and oxygen atoms in total. The monoisotopic (exact) mass is 386 g/mol. The van der Waals surface area contributed by atoms with Gasteiger partial charge in [-0.2, -0.15) is 0 Å². The van der Waals surface area contributed by atoms with E-state index < -0.39 is 11.7 Å². The van der Waals surface area contributed by atoms with Gasteiger partial charge >= 0.3 is 0 Å². The van der Waals surface area contributed by atoms with E-state index in [9.17, 15) is 18.8 Å². The lowest BCUT2D eigenvalue weighted by Gasteiger charge is -2.37. The highest BCUT2D eigenvalue weighted by atomic mass is 19.1. The summed E-state index contributed by atoms with van der Waals surface area (Å²) in [7, 11) is 0. The number of aryl methyl sites for hydroxylation is 1. The van der Waals surface area contributed by atoms with E-state index in [2.05, 4.69) is 10.5 Å². The number of halogens is 1. The molecule has 1 fully saturated rings. The van der Waals surface area contributed by atoms with Gasteiger partial charge in [-0.05, 0) is 24.6 Å². The van der Waals surface area contributed by atoms with Gasteiger partial charge in [0, 0.05) is 44.4 Å². The second-order valence-corrected chi connectivity index (χ2v) is 6.99. The lowest BCUT2D eigenvalue weighted by Crippen LogP contribution is -2.52. The Balaban J connectivity index is 1.45. The number of benzene rings is 1. The van der Waals surface area contributed by atoms with Crippen molar-refractivity contribution >= 4 is 23.4 Å². The van der Waals surface area contributed by atoms with Crippen LogP contribution in [0.5, 0.6) is 0 Å². The molecule has 3 amide bonds. The molecule has 146 valence electrons. The van der Waals surface area contributed by atoms with Gasteiger partial charge in [0.05, 0.1) is 11.6 Å². The Morgan fingerprint density at radius 1 is 1.18 bits per heavy atom. The van der Waals surface area contributed by atoms with E-state index in [1.807, 2.05) is 0 Å². The summed E-state index contributed by atoms with van der Waals surface area (Å²) < 4.78 is 18.5. The topological polar surface area (TPSA) is 95.8 Å². The summed E-state index contributed by atoms with van der Waals surface area (Å²) in [5.41, 5.74) is 1.58. The molecule has 0 aliphatic carbocycles. The van der Waals surface area contributed by atoms with E-state index in [0.717, 1.165) is 0 Å². The van der Waals surface area contributed by atoms with Gasteiger partial charge in [-0.1, -0.05) is 11.2 Å². The molecule has 1 N–H and O–H groups in total. The molecule has 4 rings (SSSR count). The predicted molar refractivity (Wildman–Crippen MR) is 96.1 cm³/mol. The fourth-order valence-electron chi connectivity index (χ4n) is 3.63. The van der Waals surface area contributed by atoms with Gasteiger partial charge in [0.15, 0.2) is 0 Å². The molecule has 0 bridgehead atoms. The van der Waals surface area contributed by atoms with Crippen molar-refractivity contribution in [2.24, 2.45) is 0 Å². The first-order chi connectivity index (χ1) is 13.4. The van der Waals surface area contributed by atoms with Crippen LogP contribution in [0.1, 0.15) is 34.2 Å². The Kier molecular flexibility index (Phi) is 4.58. The number of carbonyl (C=O) groups excluding carboxylic acids is 3. The minimum atomic E-state index is -0.650. The molecule has 3 heterocycles. The number of amides is 3. The van der Waals surface area contributed by atoms with E-state index in [1.165, 1.54) is 12.1 Å². The number of fused-ring (bicyclic) bond motifs is 1. The van der Waals surface area contributed by atoms with Crippen LogP contribution in [-0.2, 0) is 9.59 Å². The van der Waals surface area contributed by atoms with Crippen LogP contribution in [0.15, 0.2) is 28.8 Å². The predicted octanol–water partition coefficient (Wildman–Crippen LogP) is 1.53. The van der Waals surface area contributed by atoms with Crippen molar-refractivity contribution in [1.29, 1.82) is 0 Å². The normalized spacial score (nSPS) is 19.2. The first-order valence-corrected chi connectivity index (χ1v) is 9.03. The van der Waals surface area contributed by atoms with E-state index in [1.54, 1.807) is 28.9 Å². The summed E-state index contributed by atoms with van der Waals surface area (Å²) >= 11 is 0. The summed E-state index contributed by atoms with van der Waals surface area (Å²) in [5.74, 6) is -1.70. The molecule has 9 heteroatoms. The SMILES string of the molecule is Cc1cc(C(=O)N2CCN(C(=O)C3CC(=O)Nc4cc(F)ccc43)CC2)on1. The molecule has 0 saturated carbocycles. The number of aromatic nitrogens is 1. The Labute approximate surface area is 160 Å². The van der Waals surface area contributed by atoms with Gasteiger partial charge in [0.25, 0.3) is 5.91 Å². The largest absolute Gasteiger partial charge is 0.351 e. The minimum Gasteiger partial charge on any atom is -0.351 e. The highest BCUT2D eigenvalue weighted by Crippen LogP contribution is 2.34. The number of nitrogens with one attached hydrogen (secondary N) is 1. The Morgan fingerprint density at radius 3 is 2.57 bits per heavy atom. The number of nitrogens with zero attached hydrogens (tertiary/aromatic N) is 3. The quantitative estimate of drug-likeness (QED) is 0.845. The van der Waals surface area contributed by atoms with Crippen molar-refractivity contribution in [2.45, 2.75) is 19.3 Å². The summed E-state index contributed by atoms with van der Waals surface area (Å²) in [6.45, 7) is 3.17. The highest BCUT2D eigenvalue weighted by Gasteiger charge is 2.35. The van der Waals surface area contributed by atoms with Crippen molar-refractivity contribution in [3.8, 4) is 0 Å². The Bertz CT molecular complexity index is 949. The summed E-state index contributed by atoms with van der Waals surface area (Å²) in [6, 6.07) is 5.63. The first-order valence-electron chi connectivity index (χ1n) is 9.03. The molecule has 0 spiro atoms. The van der Waals surface area contributed by atoms with Crippen LogP contribution >= 0.6 is 0 Å². The number of anilines is 1. The molecule has 2 aromatic rings. The van der Waals surface area contributed by atoms with Crippen LogP contribution in [0.3, 0.4) is 0 Å². The zero-order valence-electron chi connectivity index (χ0n) is 15.3. The molecule has 1 saturated heterocycles. The van der Waals surface area contributed by atoms with Crippen LogP contribution in [-0.4, -0.2) is 58.9 Å². The van der Waals surface area contributed by atoms with Gasteiger partial charge in [0.2, 0.25) is 17.6 Å². The third kappa shape index (κ3) is 3.35. The molecule has 1 aromatic heterocycles. The maximum Gasteiger partial charge on any atom is 0.292 e. The third-order valence-corrected chi connectivity index (χ3v) is 5.07. The fourth-order valence-corrected chi connectivity index (χ4v) is 3.63. The maximum atomic E-state index is 13.5. The second-order valence-electron chi connectivity index (χ2n) is 6.99. The lowest BCUT2D eigenvalue weighted by atomic mass is 9.89. The van der Waals surface area contributed by atoms with E-state index in [-0.39, 0.29) is 29.9 Å². The van der Waals surface area contributed by atoms with Crippen molar-refractivity contribution in [3.63, 3.8) is 0 Å². The number of carbonyl (C=O) groups is 3. The lowest BCUT2D eigenvalue weighted by molar-refractivity contribution is -0.136. The Hall–Kier alpha value is -3.23. The van der Waals surface area contributed by atoms with Crippen molar-refractivity contribution in [1.82, 2.24) is 15.0 Å². The smallest absolute Gasteiger partial charge is 0.292 e. The van der Waals surface area contributed by atoms with Crippen LogP contribution in [0.4, 0.5) is 10.1 Å². The average molecular weight is 386 g/mol. The standard InChI is InChI=1S/C19H19FN4O4/c1-11-8-16(28-22-11)19(27)24-6-4-23(5-7-24)18(26)14-10-17(25)21-15-9-12(20)2-3-13(14)15/h2-3,8-9,14H,4-7,10H2,1H3,(H,21,25). The first kappa shape index (κ1) is 18.1. The molecular weight excluding hydrogens is 367 g/mol. The van der Waals surface area contributed by atoms with Crippen LogP contribution < -0.4 is 5.32 Å². The molecular formula is C19H19FN4O4. The van der Waals surface area contributed by atoms with E-state index in [0.29, 0.717) is 43.1 Å². The molecule has 2 aliphatic heterocycles. The van der Waals surface area contributed by atoms with E-state index in [4.69, 9.17) is 4.52 Å². The number of piperazine rings is 1. The van der Waals surface area contributed by atoms with Crippen LogP contribution in [0.25, 0.3) is 0 Å². The zero-order chi connectivity index (χ0) is 19.8. The van der Waals surface area contributed by atoms with Gasteiger partial charge < -0.3 is 19.6 Å². The molecule has 0 radical (unpaired) electrons. The highest BCUT2D eigenvalue weighted by molar-refractivity contribution is 6.01. The fraction of sp³-hybridized carbons (Fsp3) is 0.368. The molecule has 1 unspecified atom stereocenters. The zero-order valence-corrected chi connectivity index (χ0v) is 15.3. The van der Waals surface area contributed by atoms with Crippen molar-refractivity contribution in [3.05, 3.63) is 47.1 Å². The number of rotatable bonds is 2. The van der Waals surface area contributed by atoms with Gasteiger partial charge in [-0.15, -0.1) is 0 Å². The molecule has 2 aliphatic rings. The molecule has 1 atom stereocenters. The molecule has 28 heavy (non-hydrogen) atoms. The van der Waals surface area contributed by atoms with Gasteiger partial charge in [-0.3, -0.25) is 14.4 Å². The second kappa shape index (κ2) is 7.06. The maximum absolute atomic E-state index is 13.5. The number of hydrogen-bond acceptors (Lipinski definition) is 5. The number of hydrogen-bond donors (Lipinski definition) is 1. The van der Waals surface area contributed by atoms with Crippen molar-refractivity contribution < 1.29 is 23.3 Å². The minimum absolute atomic E-state index is 0.0218. The van der Waals surface area contributed by atoms with Gasteiger partial charge in [0.1, 0.15) is 5.82 Å². The van der Waals surface area contributed by atoms with Gasteiger partial charge in [-0.25, -0.2) is 4.39 Å².